The summed E-state index contributed by atoms with van der Waals surface area (Å²) in [5, 5.41) is 3.35. The van der Waals surface area contributed by atoms with Crippen molar-refractivity contribution in [1.29, 1.82) is 0 Å². The molecule has 2 atom stereocenters. The molecule has 1 heterocycles. The Labute approximate surface area is 106 Å². The first kappa shape index (κ1) is 14.5. The lowest BCUT2D eigenvalue weighted by Crippen LogP contribution is -2.44. The average Bonchev–Trinajstić information content (AvgIpc) is 2.78. The van der Waals surface area contributed by atoms with E-state index in [0.29, 0.717) is 11.8 Å². The molecule has 1 saturated heterocycles. The maximum Gasteiger partial charge on any atom is 0.229 e. The minimum Gasteiger partial charge on any atom is -0.345 e. The molecule has 0 saturated carbocycles. The van der Waals surface area contributed by atoms with Crippen molar-refractivity contribution in [3.8, 4) is 0 Å². The normalized spacial score (nSPS) is 25.9. The van der Waals surface area contributed by atoms with E-state index in [1.807, 2.05) is 11.9 Å². The van der Waals surface area contributed by atoms with Crippen molar-refractivity contribution in [3.63, 3.8) is 0 Å². The standard InChI is InChI=1S/C14H28N2O/c1-5-7-14(8-9-15-11-14)13(17)16(4)10-12(3)6-2/h12,15H,5-11H2,1-4H3. The van der Waals surface area contributed by atoms with Crippen LogP contribution in [0.5, 0.6) is 0 Å². The Kier molecular flexibility index (Phi) is 5.44. The Hall–Kier alpha value is -0.570. The third-order valence-corrected chi connectivity index (χ3v) is 4.06. The zero-order chi connectivity index (χ0) is 12.9. The first-order chi connectivity index (χ1) is 8.05. The molecule has 0 aliphatic carbocycles. The van der Waals surface area contributed by atoms with E-state index in [2.05, 4.69) is 26.1 Å². The number of hydrogen-bond acceptors (Lipinski definition) is 2. The van der Waals surface area contributed by atoms with E-state index in [1.54, 1.807) is 0 Å². The molecule has 1 amide bonds. The summed E-state index contributed by atoms with van der Waals surface area (Å²) in [4.78, 5) is 14.5. The summed E-state index contributed by atoms with van der Waals surface area (Å²) in [6.45, 7) is 9.31. The smallest absolute Gasteiger partial charge is 0.229 e. The molecule has 0 spiro atoms. The van der Waals surface area contributed by atoms with E-state index in [1.165, 1.54) is 0 Å². The highest BCUT2D eigenvalue weighted by Crippen LogP contribution is 2.33. The van der Waals surface area contributed by atoms with Gasteiger partial charge < -0.3 is 10.2 Å². The lowest BCUT2D eigenvalue weighted by Gasteiger charge is -2.32. The topological polar surface area (TPSA) is 32.3 Å². The Bertz CT molecular complexity index is 247. The average molecular weight is 240 g/mol. The summed E-state index contributed by atoms with van der Waals surface area (Å²) in [6, 6.07) is 0. The number of amides is 1. The van der Waals surface area contributed by atoms with Crippen molar-refractivity contribution in [3.05, 3.63) is 0 Å². The van der Waals surface area contributed by atoms with Gasteiger partial charge in [-0.05, 0) is 25.3 Å². The van der Waals surface area contributed by atoms with Gasteiger partial charge in [0, 0.05) is 20.1 Å². The first-order valence-electron chi connectivity index (χ1n) is 7.02. The zero-order valence-electron chi connectivity index (χ0n) is 11.9. The van der Waals surface area contributed by atoms with E-state index >= 15 is 0 Å². The summed E-state index contributed by atoms with van der Waals surface area (Å²) < 4.78 is 0. The largest absolute Gasteiger partial charge is 0.345 e. The van der Waals surface area contributed by atoms with Crippen LogP contribution in [0.3, 0.4) is 0 Å². The van der Waals surface area contributed by atoms with Crippen LogP contribution < -0.4 is 5.32 Å². The van der Waals surface area contributed by atoms with E-state index in [-0.39, 0.29) is 5.41 Å². The van der Waals surface area contributed by atoms with Crippen LogP contribution in [0.4, 0.5) is 0 Å². The third kappa shape index (κ3) is 3.44. The van der Waals surface area contributed by atoms with Gasteiger partial charge in [-0.1, -0.05) is 33.6 Å². The molecule has 17 heavy (non-hydrogen) atoms. The van der Waals surface area contributed by atoms with Gasteiger partial charge in [0.2, 0.25) is 5.91 Å². The van der Waals surface area contributed by atoms with Crippen LogP contribution in [-0.4, -0.2) is 37.5 Å². The fourth-order valence-electron chi connectivity index (χ4n) is 2.81. The second kappa shape index (κ2) is 6.39. The highest BCUT2D eigenvalue weighted by molar-refractivity contribution is 5.83. The number of hydrogen-bond donors (Lipinski definition) is 1. The molecule has 0 aromatic heterocycles. The van der Waals surface area contributed by atoms with Gasteiger partial charge in [-0.15, -0.1) is 0 Å². The van der Waals surface area contributed by atoms with Crippen molar-refractivity contribution in [1.82, 2.24) is 10.2 Å². The lowest BCUT2D eigenvalue weighted by molar-refractivity contribution is -0.140. The Morgan fingerprint density at radius 3 is 2.65 bits per heavy atom. The van der Waals surface area contributed by atoms with Crippen LogP contribution in [0.15, 0.2) is 0 Å². The number of nitrogens with zero attached hydrogens (tertiary/aromatic N) is 1. The molecule has 1 N–H and O–H groups in total. The molecular weight excluding hydrogens is 212 g/mol. The van der Waals surface area contributed by atoms with Crippen molar-refractivity contribution in [2.75, 3.05) is 26.7 Å². The fraction of sp³-hybridized carbons (Fsp3) is 0.929. The maximum absolute atomic E-state index is 12.6. The molecule has 1 aliphatic rings. The number of carbonyl (C=O) groups excluding carboxylic acids is 1. The number of rotatable bonds is 6. The number of nitrogens with one attached hydrogen (secondary N) is 1. The molecule has 0 aromatic carbocycles. The minimum absolute atomic E-state index is 0.114. The Balaban J connectivity index is 2.64. The van der Waals surface area contributed by atoms with E-state index in [0.717, 1.165) is 45.3 Å². The predicted molar refractivity (Wildman–Crippen MR) is 71.9 cm³/mol. The van der Waals surface area contributed by atoms with Crippen LogP contribution in [-0.2, 0) is 4.79 Å². The van der Waals surface area contributed by atoms with Gasteiger partial charge in [-0.3, -0.25) is 4.79 Å². The van der Waals surface area contributed by atoms with Crippen LogP contribution in [0.25, 0.3) is 0 Å². The van der Waals surface area contributed by atoms with Gasteiger partial charge in [0.25, 0.3) is 0 Å². The monoisotopic (exact) mass is 240 g/mol. The second-order valence-corrected chi connectivity index (χ2v) is 5.66. The SMILES string of the molecule is CCCC1(C(=O)N(C)CC(C)CC)CCNC1. The van der Waals surface area contributed by atoms with Gasteiger partial charge in [-0.25, -0.2) is 0 Å². The summed E-state index contributed by atoms with van der Waals surface area (Å²) in [5.41, 5.74) is -0.114. The first-order valence-corrected chi connectivity index (χ1v) is 7.02. The molecular formula is C14H28N2O. The minimum atomic E-state index is -0.114. The zero-order valence-corrected chi connectivity index (χ0v) is 11.9. The van der Waals surface area contributed by atoms with Gasteiger partial charge in [0.15, 0.2) is 0 Å². The summed E-state index contributed by atoms with van der Waals surface area (Å²) in [7, 11) is 1.96. The second-order valence-electron chi connectivity index (χ2n) is 5.66. The maximum atomic E-state index is 12.6. The Morgan fingerprint density at radius 2 is 2.18 bits per heavy atom. The van der Waals surface area contributed by atoms with E-state index < -0.39 is 0 Å². The third-order valence-electron chi connectivity index (χ3n) is 4.06. The molecule has 3 heteroatoms. The van der Waals surface area contributed by atoms with Gasteiger partial charge in [0.05, 0.1) is 5.41 Å². The molecule has 0 aromatic rings. The van der Waals surface area contributed by atoms with Crippen molar-refractivity contribution >= 4 is 5.91 Å². The Morgan fingerprint density at radius 1 is 1.47 bits per heavy atom. The van der Waals surface area contributed by atoms with Gasteiger partial charge >= 0.3 is 0 Å². The molecule has 1 rings (SSSR count). The van der Waals surface area contributed by atoms with Gasteiger partial charge in [0.1, 0.15) is 0 Å². The van der Waals surface area contributed by atoms with Crippen molar-refractivity contribution in [2.24, 2.45) is 11.3 Å². The van der Waals surface area contributed by atoms with Crippen molar-refractivity contribution < 1.29 is 4.79 Å². The molecule has 100 valence electrons. The summed E-state index contributed by atoms with van der Waals surface area (Å²) >= 11 is 0. The van der Waals surface area contributed by atoms with E-state index in [9.17, 15) is 4.79 Å². The van der Waals surface area contributed by atoms with Crippen LogP contribution in [0.1, 0.15) is 46.5 Å². The van der Waals surface area contributed by atoms with Crippen molar-refractivity contribution in [2.45, 2.75) is 46.5 Å². The predicted octanol–water partition coefficient (Wildman–Crippen LogP) is 2.27. The molecule has 1 aliphatic heterocycles. The highest BCUT2D eigenvalue weighted by atomic mass is 16.2. The van der Waals surface area contributed by atoms with Crippen LogP contribution >= 0.6 is 0 Å². The molecule has 0 radical (unpaired) electrons. The quantitative estimate of drug-likeness (QED) is 0.772. The van der Waals surface area contributed by atoms with Gasteiger partial charge in [-0.2, -0.15) is 0 Å². The molecule has 1 fully saturated rings. The van der Waals surface area contributed by atoms with Crippen LogP contribution in [0.2, 0.25) is 0 Å². The fourth-order valence-corrected chi connectivity index (χ4v) is 2.81. The molecule has 2 unspecified atom stereocenters. The van der Waals surface area contributed by atoms with E-state index in [4.69, 9.17) is 0 Å². The molecule has 0 bridgehead atoms. The highest BCUT2D eigenvalue weighted by Gasteiger charge is 2.41. The summed E-state index contributed by atoms with van der Waals surface area (Å²) in [5.74, 6) is 0.946. The van der Waals surface area contributed by atoms with Crippen LogP contribution in [0, 0.1) is 11.3 Å². The summed E-state index contributed by atoms with van der Waals surface area (Å²) in [6.07, 6.45) is 4.25. The number of carbonyl (C=O) groups is 1. The molecule has 3 nitrogen and oxygen atoms in total. The lowest BCUT2D eigenvalue weighted by atomic mass is 9.81.